The molecule has 3 rings (SSSR count). The first-order chi connectivity index (χ1) is 12.6. The Balaban J connectivity index is 1.44. The number of amides is 1. The molecule has 0 spiro atoms. The highest BCUT2D eigenvalue weighted by molar-refractivity contribution is 6.30. The second kappa shape index (κ2) is 9.06. The monoisotopic (exact) mass is 372 g/mol. The van der Waals surface area contributed by atoms with Crippen LogP contribution in [0.2, 0.25) is 5.02 Å². The zero-order valence-electron chi connectivity index (χ0n) is 15.2. The minimum atomic E-state index is 0.152. The van der Waals surface area contributed by atoms with E-state index in [4.69, 9.17) is 16.3 Å². The van der Waals surface area contributed by atoms with Crippen molar-refractivity contribution in [1.29, 1.82) is 0 Å². The number of likely N-dealkylation sites (N-methyl/N-ethyl adjacent to an activating group) is 1. The third kappa shape index (κ3) is 5.23. The van der Waals surface area contributed by atoms with Crippen LogP contribution in [0.1, 0.15) is 28.8 Å². The van der Waals surface area contributed by atoms with Crippen molar-refractivity contribution in [3.05, 3.63) is 64.7 Å². The molecule has 1 aliphatic rings. The molecule has 0 bridgehead atoms. The van der Waals surface area contributed by atoms with Gasteiger partial charge in [-0.05, 0) is 61.9 Å². The van der Waals surface area contributed by atoms with Gasteiger partial charge >= 0.3 is 0 Å². The molecule has 26 heavy (non-hydrogen) atoms. The van der Waals surface area contributed by atoms with Gasteiger partial charge in [-0.25, -0.2) is 0 Å². The molecule has 5 heteroatoms. The summed E-state index contributed by atoms with van der Waals surface area (Å²) in [6, 6.07) is 15.4. The van der Waals surface area contributed by atoms with Crippen LogP contribution in [0.25, 0.3) is 0 Å². The van der Waals surface area contributed by atoms with Crippen molar-refractivity contribution in [1.82, 2.24) is 9.80 Å². The van der Waals surface area contributed by atoms with Gasteiger partial charge in [0.05, 0.1) is 0 Å². The van der Waals surface area contributed by atoms with Gasteiger partial charge in [-0.3, -0.25) is 9.69 Å². The summed E-state index contributed by atoms with van der Waals surface area (Å²) in [7, 11) is 2.06. The van der Waals surface area contributed by atoms with Crippen LogP contribution in [-0.2, 0) is 6.54 Å². The fourth-order valence-electron chi connectivity index (χ4n) is 3.10. The molecule has 0 saturated carbocycles. The maximum atomic E-state index is 12.4. The van der Waals surface area contributed by atoms with Gasteiger partial charge < -0.3 is 9.64 Å². The summed E-state index contributed by atoms with van der Waals surface area (Å²) >= 11 is 5.87. The molecule has 0 unspecified atom stereocenters. The van der Waals surface area contributed by atoms with E-state index in [1.807, 2.05) is 53.4 Å². The summed E-state index contributed by atoms with van der Waals surface area (Å²) in [4.78, 5) is 16.5. The topological polar surface area (TPSA) is 32.8 Å². The molecule has 1 fully saturated rings. The number of likely N-dealkylation sites (tertiary alicyclic amines) is 1. The summed E-state index contributed by atoms with van der Waals surface area (Å²) in [6.07, 6.45) is 2.24. The zero-order chi connectivity index (χ0) is 18.4. The van der Waals surface area contributed by atoms with Crippen molar-refractivity contribution in [2.24, 2.45) is 0 Å². The van der Waals surface area contributed by atoms with Crippen molar-refractivity contribution in [3.8, 4) is 5.75 Å². The molecule has 0 aromatic heterocycles. The van der Waals surface area contributed by atoms with Gasteiger partial charge in [-0.2, -0.15) is 0 Å². The molecule has 1 heterocycles. The number of halogens is 1. The SMILES string of the molecule is CN(CCOc1ccc(Cl)cc1)Cc1ccc(C(=O)N2CCCC2)cc1. The predicted octanol–water partition coefficient (Wildman–Crippen LogP) is 4.09. The van der Waals surface area contributed by atoms with E-state index in [0.29, 0.717) is 11.6 Å². The summed E-state index contributed by atoms with van der Waals surface area (Å²) < 4.78 is 5.73. The van der Waals surface area contributed by atoms with Crippen molar-refractivity contribution >= 4 is 17.5 Å². The van der Waals surface area contributed by atoms with Gasteiger partial charge in [0, 0.05) is 36.8 Å². The number of hydrogen-bond donors (Lipinski definition) is 0. The van der Waals surface area contributed by atoms with E-state index < -0.39 is 0 Å². The lowest BCUT2D eigenvalue weighted by Gasteiger charge is -2.18. The number of carbonyl (C=O) groups excluding carboxylic acids is 1. The van der Waals surface area contributed by atoms with E-state index >= 15 is 0 Å². The Morgan fingerprint density at radius 1 is 1.08 bits per heavy atom. The molecule has 0 aliphatic carbocycles. The lowest BCUT2D eigenvalue weighted by atomic mass is 10.1. The van der Waals surface area contributed by atoms with E-state index in [-0.39, 0.29) is 5.91 Å². The van der Waals surface area contributed by atoms with E-state index in [1.165, 1.54) is 5.56 Å². The van der Waals surface area contributed by atoms with Gasteiger partial charge in [-0.15, -0.1) is 0 Å². The Hall–Kier alpha value is -2.04. The van der Waals surface area contributed by atoms with Crippen molar-refractivity contribution in [3.63, 3.8) is 0 Å². The maximum Gasteiger partial charge on any atom is 0.253 e. The highest BCUT2D eigenvalue weighted by Gasteiger charge is 2.19. The largest absolute Gasteiger partial charge is 0.492 e. The molecular weight excluding hydrogens is 348 g/mol. The van der Waals surface area contributed by atoms with Crippen LogP contribution in [0.5, 0.6) is 5.75 Å². The fourth-order valence-corrected chi connectivity index (χ4v) is 3.22. The first kappa shape index (κ1) is 18.7. The molecule has 1 saturated heterocycles. The minimum absolute atomic E-state index is 0.152. The lowest BCUT2D eigenvalue weighted by Crippen LogP contribution is -2.27. The molecule has 1 aliphatic heterocycles. The van der Waals surface area contributed by atoms with E-state index in [2.05, 4.69) is 11.9 Å². The summed E-state index contributed by atoms with van der Waals surface area (Å²) in [5, 5.41) is 0.709. The van der Waals surface area contributed by atoms with Crippen molar-refractivity contribution < 1.29 is 9.53 Å². The van der Waals surface area contributed by atoms with Crippen LogP contribution >= 0.6 is 11.6 Å². The van der Waals surface area contributed by atoms with Crippen molar-refractivity contribution in [2.45, 2.75) is 19.4 Å². The highest BCUT2D eigenvalue weighted by Crippen LogP contribution is 2.16. The Morgan fingerprint density at radius 2 is 1.73 bits per heavy atom. The summed E-state index contributed by atoms with van der Waals surface area (Å²) in [6.45, 7) is 4.02. The van der Waals surface area contributed by atoms with E-state index in [9.17, 15) is 4.79 Å². The lowest BCUT2D eigenvalue weighted by molar-refractivity contribution is 0.0793. The van der Waals surface area contributed by atoms with Gasteiger partial charge in [0.15, 0.2) is 0 Å². The third-order valence-electron chi connectivity index (χ3n) is 4.60. The standard InChI is InChI=1S/C21H25ClN2O2/c1-23(14-15-26-20-10-8-19(22)9-11-20)16-17-4-6-18(7-5-17)21(25)24-12-2-3-13-24/h4-11H,2-3,12-16H2,1H3. The molecule has 2 aromatic rings. The molecule has 0 atom stereocenters. The third-order valence-corrected chi connectivity index (χ3v) is 4.85. The summed E-state index contributed by atoms with van der Waals surface area (Å²) in [5.74, 6) is 0.978. The molecule has 0 radical (unpaired) electrons. The Morgan fingerprint density at radius 3 is 2.38 bits per heavy atom. The highest BCUT2D eigenvalue weighted by atomic mass is 35.5. The normalized spacial score (nSPS) is 14.0. The first-order valence-corrected chi connectivity index (χ1v) is 9.45. The molecule has 4 nitrogen and oxygen atoms in total. The minimum Gasteiger partial charge on any atom is -0.492 e. The number of ether oxygens (including phenoxy) is 1. The first-order valence-electron chi connectivity index (χ1n) is 9.07. The number of benzene rings is 2. The average Bonchev–Trinajstić information content (AvgIpc) is 3.18. The number of hydrogen-bond acceptors (Lipinski definition) is 3. The van der Waals surface area contributed by atoms with Crippen LogP contribution < -0.4 is 4.74 Å². The zero-order valence-corrected chi connectivity index (χ0v) is 15.9. The molecular formula is C21H25ClN2O2. The van der Waals surface area contributed by atoms with Gasteiger partial charge in [0.2, 0.25) is 0 Å². The number of carbonyl (C=O) groups is 1. The van der Waals surface area contributed by atoms with Gasteiger partial charge in [0.1, 0.15) is 12.4 Å². The molecule has 1 amide bonds. The van der Waals surface area contributed by atoms with Crippen LogP contribution in [-0.4, -0.2) is 49.0 Å². The number of nitrogens with zero attached hydrogens (tertiary/aromatic N) is 2. The van der Waals surface area contributed by atoms with Crippen molar-refractivity contribution in [2.75, 3.05) is 33.3 Å². The Bertz CT molecular complexity index is 710. The predicted molar refractivity (Wildman–Crippen MR) is 105 cm³/mol. The van der Waals surface area contributed by atoms with Crippen LogP contribution in [0, 0.1) is 0 Å². The van der Waals surface area contributed by atoms with E-state index in [0.717, 1.165) is 50.3 Å². The van der Waals surface area contributed by atoms with Crippen LogP contribution in [0.15, 0.2) is 48.5 Å². The van der Waals surface area contributed by atoms with Gasteiger partial charge in [0.25, 0.3) is 5.91 Å². The van der Waals surface area contributed by atoms with Gasteiger partial charge in [-0.1, -0.05) is 23.7 Å². The maximum absolute atomic E-state index is 12.4. The van der Waals surface area contributed by atoms with Crippen LogP contribution in [0.3, 0.4) is 0 Å². The fraction of sp³-hybridized carbons (Fsp3) is 0.381. The Labute approximate surface area is 160 Å². The molecule has 138 valence electrons. The van der Waals surface area contributed by atoms with Crippen LogP contribution in [0.4, 0.5) is 0 Å². The smallest absolute Gasteiger partial charge is 0.253 e. The quantitative estimate of drug-likeness (QED) is 0.734. The average molecular weight is 373 g/mol. The van der Waals surface area contributed by atoms with E-state index in [1.54, 1.807) is 0 Å². The number of rotatable bonds is 7. The second-order valence-electron chi connectivity index (χ2n) is 6.74. The molecule has 0 N–H and O–H groups in total. The summed E-state index contributed by atoms with van der Waals surface area (Å²) in [5.41, 5.74) is 1.97. The molecule has 2 aromatic carbocycles. The Kier molecular flexibility index (Phi) is 6.53. The second-order valence-corrected chi connectivity index (χ2v) is 7.17.